The average Bonchev–Trinajstić information content (AvgIpc) is 3.05. The van der Waals surface area contributed by atoms with Crippen molar-refractivity contribution in [3.8, 4) is 5.75 Å². The summed E-state index contributed by atoms with van der Waals surface area (Å²) in [7, 11) is 1.54. The monoisotopic (exact) mass is 359 g/mol. The van der Waals surface area contributed by atoms with Gasteiger partial charge in [-0.2, -0.15) is 0 Å². The molecule has 0 saturated heterocycles. The molecule has 7 nitrogen and oxygen atoms in total. The molecule has 0 bridgehead atoms. The number of fused-ring (bicyclic) bond motifs is 1. The molecule has 3 aromatic rings. The summed E-state index contributed by atoms with van der Waals surface area (Å²) in [6.07, 6.45) is 0.668. The van der Waals surface area contributed by atoms with Gasteiger partial charge >= 0.3 is 5.63 Å². The molecule has 0 aliphatic rings. The van der Waals surface area contributed by atoms with E-state index in [4.69, 9.17) is 9.15 Å². The Kier molecular flexibility index (Phi) is 4.80. The summed E-state index contributed by atoms with van der Waals surface area (Å²) in [4.78, 5) is 24.5. The third-order valence-corrected chi connectivity index (χ3v) is 4.83. The van der Waals surface area contributed by atoms with E-state index in [2.05, 4.69) is 15.5 Å². The quantitative estimate of drug-likeness (QED) is 0.704. The van der Waals surface area contributed by atoms with E-state index < -0.39 is 5.63 Å². The molecule has 2 aromatic heterocycles. The Labute approximate surface area is 147 Å². The lowest BCUT2D eigenvalue weighted by atomic mass is 10.0. The predicted octanol–water partition coefficient (Wildman–Crippen LogP) is 2.71. The number of nitrogens with zero attached hydrogens (tertiary/aromatic N) is 2. The van der Waals surface area contributed by atoms with E-state index in [1.165, 1.54) is 11.3 Å². The lowest BCUT2D eigenvalue weighted by Crippen LogP contribution is -2.20. The van der Waals surface area contributed by atoms with Crippen molar-refractivity contribution in [2.45, 2.75) is 26.7 Å². The molecule has 3 rings (SSSR count). The van der Waals surface area contributed by atoms with Crippen LogP contribution in [0, 0.1) is 6.92 Å². The van der Waals surface area contributed by atoms with Crippen molar-refractivity contribution >= 4 is 33.3 Å². The van der Waals surface area contributed by atoms with E-state index in [0.717, 1.165) is 22.4 Å². The van der Waals surface area contributed by atoms with Gasteiger partial charge in [0.05, 0.1) is 19.1 Å². The zero-order valence-corrected chi connectivity index (χ0v) is 14.9. The van der Waals surface area contributed by atoms with Gasteiger partial charge in [0.1, 0.15) is 16.3 Å². The van der Waals surface area contributed by atoms with Crippen LogP contribution in [0.15, 0.2) is 27.4 Å². The Morgan fingerprint density at radius 3 is 2.84 bits per heavy atom. The van der Waals surface area contributed by atoms with Gasteiger partial charge in [0.15, 0.2) is 0 Å². The first kappa shape index (κ1) is 17.1. The second-order valence-electron chi connectivity index (χ2n) is 5.43. The van der Waals surface area contributed by atoms with Crippen molar-refractivity contribution in [2.75, 3.05) is 12.4 Å². The van der Waals surface area contributed by atoms with Crippen molar-refractivity contribution < 1.29 is 13.9 Å². The highest BCUT2D eigenvalue weighted by atomic mass is 32.1. The summed E-state index contributed by atoms with van der Waals surface area (Å²) in [6.45, 7) is 3.76. The highest BCUT2D eigenvalue weighted by molar-refractivity contribution is 7.15. The van der Waals surface area contributed by atoms with Gasteiger partial charge < -0.3 is 14.5 Å². The van der Waals surface area contributed by atoms with Crippen molar-refractivity contribution in [3.63, 3.8) is 0 Å². The first-order valence-corrected chi connectivity index (χ1v) is 8.56. The van der Waals surface area contributed by atoms with Gasteiger partial charge in [-0.25, -0.2) is 4.79 Å². The third kappa shape index (κ3) is 3.53. The number of carbonyl (C=O) groups excluding carboxylic acids is 1. The number of carbonyl (C=O) groups is 1. The fourth-order valence-electron chi connectivity index (χ4n) is 2.48. The summed E-state index contributed by atoms with van der Waals surface area (Å²) in [5, 5.41) is 12.6. The molecule has 1 aromatic carbocycles. The van der Waals surface area contributed by atoms with Crippen LogP contribution < -0.4 is 15.7 Å². The number of aromatic nitrogens is 2. The fourth-order valence-corrected chi connectivity index (χ4v) is 3.17. The van der Waals surface area contributed by atoms with E-state index in [0.29, 0.717) is 22.0 Å². The molecule has 8 heteroatoms. The predicted molar refractivity (Wildman–Crippen MR) is 95.4 cm³/mol. The molecular weight excluding hydrogens is 342 g/mol. The van der Waals surface area contributed by atoms with Crippen LogP contribution in [-0.4, -0.2) is 23.2 Å². The minimum atomic E-state index is -0.528. The van der Waals surface area contributed by atoms with Crippen molar-refractivity contribution in [2.24, 2.45) is 0 Å². The molecule has 0 aliphatic heterocycles. The maximum atomic E-state index is 12.3. The number of rotatable bonds is 5. The minimum absolute atomic E-state index is 0.0861. The molecule has 25 heavy (non-hydrogen) atoms. The summed E-state index contributed by atoms with van der Waals surface area (Å²) >= 11 is 1.32. The molecule has 0 spiro atoms. The van der Waals surface area contributed by atoms with Gasteiger partial charge in [0.2, 0.25) is 11.0 Å². The Morgan fingerprint density at radius 2 is 2.16 bits per heavy atom. The van der Waals surface area contributed by atoms with Gasteiger partial charge in [-0.05, 0) is 31.0 Å². The SMILES string of the molecule is CCc1nnc(NC(=O)Cc2c(C)c3ccc(OC)cc3oc2=O)s1. The molecule has 1 amide bonds. The van der Waals surface area contributed by atoms with Crippen LogP contribution in [-0.2, 0) is 17.6 Å². The average molecular weight is 359 g/mol. The number of anilines is 1. The number of hydrogen-bond donors (Lipinski definition) is 1. The van der Waals surface area contributed by atoms with E-state index in [1.54, 1.807) is 26.2 Å². The fraction of sp³-hybridized carbons (Fsp3) is 0.294. The van der Waals surface area contributed by atoms with Gasteiger partial charge in [0.25, 0.3) is 0 Å². The van der Waals surface area contributed by atoms with Gasteiger partial charge in [-0.15, -0.1) is 10.2 Å². The van der Waals surface area contributed by atoms with Crippen LogP contribution in [0.3, 0.4) is 0 Å². The van der Waals surface area contributed by atoms with E-state index >= 15 is 0 Å². The number of hydrogen-bond acceptors (Lipinski definition) is 7. The zero-order chi connectivity index (χ0) is 18.0. The van der Waals surface area contributed by atoms with Crippen molar-refractivity contribution in [1.82, 2.24) is 10.2 Å². The molecule has 0 unspecified atom stereocenters. The molecule has 0 fully saturated rings. The lowest BCUT2D eigenvalue weighted by molar-refractivity contribution is -0.115. The maximum absolute atomic E-state index is 12.3. The summed E-state index contributed by atoms with van der Waals surface area (Å²) in [6, 6.07) is 5.25. The maximum Gasteiger partial charge on any atom is 0.340 e. The number of benzene rings is 1. The van der Waals surface area contributed by atoms with Gasteiger partial charge in [-0.3, -0.25) is 4.79 Å². The summed E-state index contributed by atoms with van der Waals surface area (Å²) in [5.41, 5.74) is 0.952. The third-order valence-electron chi connectivity index (χ3n) is 3.85. The normalized spacial score (nSPS) is 10.8. The lowest BCUT2D eigenvalue weighted by Gasteiger charge is -2.08. The molecule has 0 atom stereocenters. The van der Waals surface area contributed by atoms with Crippen molar-refractivity contribution in [1.29, 1.82) is 0 Å². The largest absolute Gasteiger partial charge is 0.497 e. The number of ether oxygens (including phenoxy) is 1. The van der Waals surface area contributed by atoms with Crippen LogP contribution in [0.2, 0.25) is 0 Å². The summed E-state index contributed by atoms with van der Waals surface area (Å²) < 4.78 is 10.5. The molecule has 2 heterocycles. The van der Waals surface area contributed by atoms with Crippen LogP contribution in [0.1, 0.15) is 23.1 Å². The van der Waals surface area contributed by atoms with E-state index in [1.807, 2.05) is 13.0 Å². The Hall–Kier alpha value is -2.74. The van der Waals surface area contributed by atoms with E-state index in [9.17, 15) is 9.59 Å². The Morgan fingerprint density at radius 1 is 1.36 bits per heavy atom. The molecule has 0 aliphatic carbocycles. The smallest absolute Gasteiger partial charge is 0.340 e. The summed E-state index contributed by atoms with van der Waals surface area (Å²) in [5.74, 6) is 0.269. The first-order valence-electron chi connectivity index (χ1n) is 7.74. The Balaban J connectivity index is 1.87. The first-order chi connectivity index (χ1) is 12.0. The zero-order valence-electron chi connectivity index (χ0n) is 14.1. The molecule has 0 radical (unpaired) electrons. The topological polar surface area (TPSA) is 94.3 Å². The molecular formula is C17H17N3O4S. The number of aryl methyl sites for hydroxylation is 2. The van der Waals surface area contributed by atoms with Crippen LogP contribution >= 0.6 is 11.3 Å². The minimum Gasteiger partial charge on any atom is -0.497 e. The highest BCUT2D eigenvalue weighted by Gasteiger charge is 2.16. The highest BCUT2D eigenvalue weighted by Crippen LogP contribution is 2.24. The number of amides is 1. The Bertz CT molecular complexity index is 993. The molecule has 1 N–H and O–H groups in total. The number of methoxy groups -OCH3 is 1. The van der Waals surface area contributed by atoms with E-state index in [-0.39, 0.29) is 12.3 Å². The second-order valence-corrected chi connectivity index (χ2v) is 6.50. The van der Waals surface area contributed by atoms with Gasteiger partial charge in [-0.1, -0.05) is 18.3 Å². The number of nitrogens with one attached hydrogen (secondary N) is 1. The van der Waals surface area contributed by atoms with Crippen LogP contribution in [0.25, 0.3) is 11.0 Å². The second kappa shape index (κ2) is 7.02. The molecule has 0 saturated carbocycles. The van der Waals surface area contributed by atoms with Crippen LogP contribution in [0.5, 0.6) is 5.75 Å². The van der Waals surface area contributed by atoms with Crippen molar-refractivity contribution in [3.05, 3.63) is 44.8 Å². The van der Waals surface area contributed by atoms with Gasteiger partial charge in [0, 0.05) is 11.5 Å². The molecule has 130 valence electrons. The standard InChI is InChI=1S/C17H17N3O4S/c1-4-15-19-20-17(25-15)18-14(21)8-12-9(2)11-6-5-10(23-3)7-13(11)24-16(12)22/h5-7H,4,8H2,1-3H3,(H,18,20,21). The van der Waals surface area contributed by atoms with Crippen LogP contribution in [0.4, 0.5) is 5.13 Å².